The molecule has 1 amide bonds. The minimum Gasteiger partial charge on any atom is -0.464 e. The summed E-state index contributed by atoms with van der Waals surface area (Å²) in [5, 5.41) is 31.1. The SMILES string of the molecule is C.C#CC(=O)OC.Cl.N#CCN.O=N[O-].[C-]#[N+]c1cc(C(=O)NCc2c(C)cc(N)nc2C)nn1Cc1ccc2ncc(Cl)cc2c1.[C-]#[N+]c1cc(C(=O)OC)n[nH]1.[Na+]. The second-order valence-electron chi connectivity index (χ2n) is 10.3. The molecule has 0 aliphatic heterocycles. The molecule has 4 aromatic heterocycles. The summed E-state index contributed by atoms with van der Waals surface area (Å²) in [6, 6.07) is 13.9. The molecule has 4 heterocycles. The number of hydrogen-bond acceptors (Lipinski definition) is 15. The van der Waals surface area contributed by atoms with Gasteiger partial charge in [-0.2, -0.15) is 9.94 Å². The Kier molecular flexibility index (Phi) is 29.3. The Hall–Kier alpha value is -6.62. The summed E-state index contributed by atoms with van der Waals surface area (Å²) in [6.07, 6.45) is 6.16. The van der Waals surface area contributed by atoms with Crippen molar-refractivity contribution < 1.29 is 53.4 Å². The summed E-state index contributed by atoms with van der Waals surface area (Å²) in [4.78, 5) is 56.2. The number of hydrogen-bond donors (Lipinski definition) is 4. The molecule has 0 saturated carbocycles. The van der Waals surface area contributed by atoms with Crippen molar-refractivity contribution in [2.45, 2.75) is 34.4 Å². The molecule has 5 aromatic rings. The van der Waals surface area contributed by atoms with Gasteiger partial charge >= 0.3 is 41.5 Å². The van der Waals surface area contributed by atoms with Gasteiger partial charge in [0.2, 0.25) is 0 Å². The smallest absolute Gasteiger partial charge is 0.464 e. The standard InChI is InChI=1S/C23H20ClN7O.C6H5N3O2.C4H4O2.C2H4N2.CH4.ClH.HNO2.Na/c1-13-6-21(25)29-14(2)18(13)11-28-23(32)20-9-22(26-3)31(30-20)12-15-4-5-19-16(7-15)8-17(24)10-27-19;1-7-5-3-4(8-9-5)6(10)11-2;1-3-4(5)6-2;3-1-2-4;;;2-1-3;/h4-10H,11-12H2,1-2H3,(H2,25,29)(H,28,32);3H,2H3,(H,8,9);1H,2H3;1,3H2;1H4;1H;(H,2,3);/q;;;;;;;+1/p-1. The number of amides is 1. The van der Waals surface area contributed by atoms with E-state index in [2.05, 4.69) is 61.9 Å². The van der Waals surface area contributed by atoms with Crippen molar-refractivity contribution in [3.05, 3.63) is 120 Å². The van der Waals surface area contributed by atoms with Gasteiger partial charge in [-0.1, -0.05) is 48.4 Å². The number of nitrogens with zero attached hydrogens (tertiary/aromatic N) is 9. The topological polar surface area (TPSA) is 291 Å². The number of terminal acetylenes is 1. The molecular weight excluding hydrogens is 820 g/mol. The summed E-state index contributed by atoms with van der Waals surface area (Å²) in [5.74, 6) is 1.17. The molecule has 1 aromatic carbocycles. The Bertz CT molecular complexity index is 2300. The maximum Gasteiger partial charge on any atom is 1.00 e. The third kappa shape index (κ3) is 19.4. The van der Waals surface area contributed by atoms with Gasteiger partial charge in [0.25, 0.3) is 17.5 Å². The van der Waals surface area contributed by atoms with Gasteiger partial charge in [0.1, 0.15) is 12.4 Å². The van der Waals surface area contributed by atoms with E-state index >= 15 is 0 Å². The first kappa shape index (κ1) is 56.7. The minimum atomic E-state index is -0.630. The quantitative estimate of drug-likeness (QED) is 0.0279. The molecule has 304 valence electrons. The van der Waals surface area contributed by atoms with Crippen LogP contribution in [0.3, 0.4) is 0 Å². The summed E-state index contributed by atoms with van der Waals surface area (Å²) < 4.78 is 9.91. The van der Waals surface area contributed by atoms with Crippen molar-refractivity contribution in [1.82, 2.24) is 35.3 Å². The van der Waals surface area contributed by atoms with E-state index in [1.165, 1.54) is 31.0 Å². The average molecular weight is 859 g/mol. The van der Waals surface area contributed by atoms with Crippen LogP contribution in [0.15, 0.2) is 54.0 Å². The zero-order valence-electron chi connectivity index (χ0n) is 31.6. The number of nitrogens with two attached hydrogens (primary N) is 2. The molecule has 23 heteroatoms. The van der Waals surface area contributed by atoms with Gasteiger partial charge in [-0.05, 0) is 66.9 Å². The number of rotatable bonds is 6. The van der Waals surface area contributed by atoms with Crippen molar-refractivity contribution in [3.8, 4) is 18.4 Å². The number of nitrogen functional groups attached to an aromatic ring is 1. The van der Waals surface area contributed by atoms with Crippen LogP contribution in [0.4, 0.5) is 17.5 Å². The number of aryl methyl sites for hydroxylation is 2. The molecule has 0 aliphatic carbocycles. The number of aromatic amines is 1. The fourth-order valence-electron chi connectivity index (χ4n) is 4.20. The summed E-state index contributed by atoms with van der Waals surface area (Å²) in [6.45, 7) is 18.5. The number of carbonyl (C=O) groups excluding carboxylic acids is 3. The maximum absolute atomic E-state index is 12.7. The van der Waals surface area contributed by atoms with E-state index in [1.54, 1.807) is 24.3 Å². The van der Waals surface area contributed by atoms with Crippen LogP contribution < -0.4 is 46.3 Å². The van der Waals surface area contributed by atoms with Crippen molar-refractivity contribution in [2.24, 2.45) is 11.1 Å². The number of carbonyl (C=O) groups is 3. The van der Waals surface area contributed by atoms with E-state index in [1.807, 2.05) is 38.1 Å². The second-order valence-corrected chi connectivity index (χ2v) is 10.7. The number of nitrogens with one attached hydrogen (secondary N) is 2. The molecule has 0 aliphatic rings. The Balaban J connectivity index is -0.000000958. The largest absolute Gasteiger partial charge is 1.00 e. The third-order valence-electron chi connectivity index (χ3n) is 6.62. The number of pyridine rings is 2. The molecule has 5 rings (SSSR count). The Labute approximate surface area is 372 Å². The van der Waals surface area contributed by atoms with E-state index in [0.29, 0.717) is 23.9 Å². The monoisotopic (exact) mass is 857 g/mol. The number of methoxy groups -OCH3 is 2. The second kappa shape index (κ2) is 30.5. The summed E-state index contributed by atoms with van der Waals surface area (Å²) >= 11 is 6.04. The van der Waals surface area contributed by atoms with E-state index < -0.39 is 11.9 Å². The molecule has 20 nitrogen and oxygen atoms in total. The van der Waals surface area contributed by atoms with Crippen LogP contribution in [0.2, 0.25) is 5.02 Å². The van der Waals surface area contributed by atoms with Crippen LogP contribution in [-0.4, -0.2) is 68.6 Å². The predicted molar refractivity (Wildman–Crippen MR) is 218 cm³/mol. The van der Waals surface area contributed by atoms with E-state index in [9.17, 15) is 14.4 Å². The van der Waals surface area contributed by atoms with Crippen LogP contribution in [-0.2, 0) is 27.4 Å². The molecule has 0 radical (unpaired) electrons. The third-order valence-corrected chi connectivity index (χ3v) is 6.83. The van der Waals surface area contributed by atoms with Crippen LogP contribution in [0.5, 0.6) is 0 Å². The first-order chi connectivity index (χ1) is 26.7. The van der Waals surface area contributed by atoms with Gasteiger partial charge in [-0.3, -0.25) is 9.78 Å². The number of ether oxygens (including phenoxy) is 2. The van der Waals surface area contributed by atoms with Gasteiger partial charge in [0.05, 0.1) is 37.4 Å². The predicted octanol–water partition coefficient (Wildman–Crippen LogP) is 2.53. The number of anilines is 1. The molecule has 0 fully saturated rings. The maximum atomic E-state index is 12.7. The zero-order chi connectivity index (χ0) is 42.2. The summed E-state index contributed by atoms with van der Waals surface area (Å²) in [7, 11) is 2.50. The van der Waals surface area contributed by atoms with Crippen LogP contribution in [0.25, 0.3) is 20.6 Å². The molecule has 0 bridgehead atoms. The summed E-state index contributed by atoms with van der Waals surface area (Å²) in [5.41, 5.74) is 15.1. The molecular formula is C36H38Cl2N13NaO7. The number of halogens is 2. The number of nitriles is 1. The normalized spacial score (nSPS) is 8.64. The molecule has 0 unspecified atom stereocenters. The molecule has 59 heavy (non-hydrogen) atoms. The number of benzene rings is 1. The van der Waals surface area contributed by atoms with Gasteiger partial charge in [0.15, 0.2) is 11.4 Å². The molecule has 6 N–H and O–H groups in total. The van der Waals surface area contributed by atoms with E-state index in [-0.39, 0.29) is 84.9 Å². The van der Waals surface area contributed by atoms with Gasteiger partial charge in [0, 0.05) is 29.7 Å². The molecule has 0 atom stereocenters. The van der Waals surface area contributed by atoms with Crippen molar-refractivity contribution >= 4 is 70.2 Å². The Morgan fingerprint density at radius 3 is 2.25 bits per heavy atom. The molecule has 0 spiro atoms. The average Bonchev–Trinajstić information content (AvgIpc) is 3.85. The van der Waals surface area contributed by atoms with Crippen molar-refractivity contribution in [3.63, 3.8) is 0 Å². The first-order valence-corrected chi connectivity index (χ1v) is 15.7. The first-order valence-electron chi connectivity index (χ1n) is 15.3. The fraction of sp³-hybridized carbons (Fsp3) is 0.222. The Morgan fingerprint density at radius 2 is 1.76 bits per heavy atom. The van der Waals surface area contributed by atoms with E-state index in [0.717, 1.165) is 38.6 Å². The number of H-pyrrole nitrogens is 1. The Morgan fingerprint density at radius 1 is 1.12 bits per heavy atom. The van der Waals surface area contributed by atoms with Crippen LogP contribution >= 0.6 is 24.0 Å². The van der Waals surface area contributed by atoms with Crippen LogP contribution in [0, 0.1) is 60.8 Å². The molecule has 0 saturated heterocycles. The number of aromatic nitrogens is 6. The van der Waals surface area contributed by atoms with E-state index in [4.69, 9.17) is 45.9 Å². The number of fused-ring (bicyclic) bond motifs is 1. The van der Waals surface area contributed by atoms with Gasteiger partial charge in [-0.25, -0.2) is 19.7 Å². The van der Waals surface area contributed by atoms with Crippen molar-refractivity contribution in [1.29, 1.82) is 5.26 Å². The number of esters is 2. The van der Waals surface area contributed by atoms with Crippen LogP contribution in [0.1, 0.15) is 50.8 Å². The van der Waals surface area contributed by atoms with Gasteiger partial charge < -0.3 is 46.1 Å². The van der Waals surface area contributed by atoms with Crippen molar-refractivity contribution in [2.75, 3.05) is 26.5 Å². The fourth-order valence-corrected chi connectivity index (χ4v) is 4.37. The minimum absolute atomic E-state index is 0. The van der Waals surface area contributed by atoms with Gasteiger partial charge in [-0.15, -0.1) is 24.2 Å². The zero-order valence-corrected chi connectivity index (χ0v) is 35.2.